The number of H-pyrrole nitrogens is 1. The van der Waals surface area contributed by atoms with E-state index in [2.05, 4.69) is 52.1 Å². The lowest BCUT2D eigenvalue weighted by molar-refractivity contribution is 1.06. The van der Waals surface area contributed by atoms with Crippen molar-refractivity contribution < 1.29 is 0 Å². The van der Waals surface area contributed by atoms with E-state index in [1.807, 2.05) is 22.7 Å². The molecule has 3 aromatic rings. The minimum absolute atomic E-state index is 1.02. The number of hydrogen-bond acceptors (Lipinski definition) is 2. The van der Waals surface area contributed by atoms with Gasteiger partial charge in [0.15, 0.2) is 0 Å². The van der Waals surface area contributed by atoms with Gasteiger partial charge in [0.25, 0.3) is 0 Å². The first-order chi connectivity index (χ1) is 8.40. The Bertz CT molecular complexity index is 510. The first-order valence-electron chi connectivity index (χ1n) is 5.62. The van der Waals surface area contributed by atoms with Crippen LogP contribution in [0.1, 0.15) is 21.1 Å². The Morgan fingerprint density at radius 2 is 1.29 bits per heavy atom. The standard InChI is InChI=1S/C14H13NS2/c1-3-13(16-7-1)9-11-5-6-12(15-11)10-14-4-2-8-17-14/h1-8,15H,9-10H2. The van der Waals surface area contributed by atoms with Crippen LogP contribution in [0.15, 0.2) is 47.2 Å². The van der Waals surface area contributed by atoms with Crippen molar-refractivity contribution in [1.82, 2.24) is 4.98 Å². The maximum absolute atomic E-state index is 3.50. The molecule has 3 heteroatoms. The minimum atomic E-state index is 1.02. The zero-order valence-corrected chi connectivity index (χ0v) is 11.0. The number of aromatic nitrogens is 1. The van der Waals surface area contributed by atoms with E-state index in [9.17, 15) is 0 Å². The monoisotopic (exact) mass is 259 g/mol. The van der Waals surface area contributed by atoms with Crippen LogP contribution in [0.2, 0.25) is 0 Å². The largest absolute Gasteiger partial charge is 0.362 e. The molecule has 0 amide bonds. The highest BCUT2D eigenvalue weighted by atomic mass is 32.1. The van der Waals surface area contributed by atoms with Crippen molar-refractivity contribution in [2.24, 2.45) is 0 Å². The Labute approximate surface area is 109 Å². The minimum Gasteiger partial charge on any atom is -0.362 e. The number of nitrogens with one attached hydrogen (secondary N) is 1. The van der Waals surface area contributed by atoms with Gasteiger partial charge in [0.05, 0.1) is 0 Å². The van der Waals surface area contributed by atoms with Gasteiger partial charge in [-0.15, -0.1) is 22.7 Å². The van der Waals surface area contributed by atoms with Crippen LogP contribution in [0.25, 0.3) is 0 Å². The van der Waals surface area contributed by atoms with Crippen LogP contribution >= 0.6 is 22.7 Å². The molecule has 0 aliphatic rings. The summed E-state index contributed by atoms with van der Waals surface area (Å²) in [7, 11) is 0. The highest BCUT2D eigenvalue weighted by Crippen LogP contribution is 2.17. The molecule has 0 aliphatic heterocycles. The van der Waals surface area contributed by atoms with Crippen molar-refractivity contribution in [1.29, 1.82) is 0 Å². The number of rotatable bonds is 4. The highest BCUT2D eigenvalue weighted by molar-refractivity contribution is 7.10. The summed E-state index contributed by atoms with van der Waals surface area (Å²) >= 11 is 3.63. The fraction of sp³-hybridized carbons (Fsp3) is 0.143. The topological polar surface area (TPSA) is 15.8 Å². The Morgan fingerprint density at radius 1 is 0.765 bits per heavy atom. The van der Waals surface area contributed by atoms with E-state index in [4.69, 9.17) is 0 Å². The van der Waals surface area contributed by atoms with Gasteiger partial charge in [0.2, 0.25) is 0 Å². The molecule has 1 nitrogen and oxygen atoms in total. The second kappa shape index (κ2) is 4.90. The van der Waals surface area contributed by atoms with Gasteiger partial charge in [-0.2, -0.15) is 0 Å². The highest BCUT2D eigenvalue weighted by Gasteiger charge is 2.02. The molecule has 1 N–H and O–H groups in total. The average Bonchev–Trinajstić information content (AvgIpc) is 3.02. The van der Waals surface area contributed by atoms with Crippen LogP contribution in [-0.4, -0.2) is 4.98 Å². The van der Waals surface area contributed by atoms with Gasteiger partial charge in [0.1, 0.15) is 0 Å². The summed E-state index contributed by atoms with van der Waals surface area (Å²) in [5.74, 6) is 0. The van der Waals surface area contributed by atoms with Gasteiger partial charge in [-0.1, -0.05) is 12.1 Å². The summed E-state index contributed by atoms with van der Waals surface area (Å²) < 4.78 is 0. The zero-order valence-electron chi connectivity index (χ0n) is 9.35. The van der Waals surface area contributed by atoms with Crippen LogP contribution in [0.4, 0.5) is 0 Å². The van der Waals surface area contributed by atoms with Crippen molar-refractivity contribution in [2.75, 3.05) is 0 Å². The second-order valence-corrected chi connectivity index (χ2v) is 6.09. The van der Waals surface area contributed by atoms with E-state index in [1.165, 1.54) is 21.1 Å². The summed E-state index contributed by atoms with van der Waals surface area (Å²) in [5.41, 5.74) is 2.61. The molecule has 86 valence electrons. The maximum Gasteiger partial charge on any atom is 0.0221 e. The molecule has 0 radical (unpaired) electrons. The van der Waals surface area contributed by atoms with Crippen LogP contribution in [-0.2, 0) is 12.8 Å². The molecule has 3 rings (SSSR count). The first-order valence-corrected chi connectivity index (χ1v) is 7.37. The molecule has 3 heterocycles. The van der Waals surface area contributed by atoms with Crippen molar-refractivity contribution in [2.45, 2.75) is 12.8 Å². The van der Waals surface area contributed by atoms with Gasteiger partial charge in [-0.3, -0.25) is 0 Å². The van der Waals surface area contributed by atoms with Gasteiger partial charge < -0.3 is 4.98 Å². The zero-order chi connectivity index (χ0) is 11.5. The van der Waals surface area contributed by atoms with Crippen molar-refractivity contribution in [3.05, 3.63) is 68.3 Å². The summed E-state index contributed by atoms with van der Waals surface area (Å²) in [6.45, 7) is 0. The van der Waals surface area contributed by atoms with E-state index in [0.717, 1.165) is 12.8 Å². The average molecular weight is 259 g/mol. The molecule has 0 aliphatic carbocycles. The molecular formula is C14H13NS2. The molecule has 3 aromatic heterocycles. The summed E-state index contributed by atoms with van der Waals surface area (Å²) in [4.78, 5) is 6.33. The Hall–Kier alpha value is -1.32. The van der Waals surface area contributed by atoms with Crippen molar-refractivity contribution in [3.8, 4) is 0 Å². The maximum atomic E-state index is 3.50. The fourth-order valence-corrected chi connectivity index (χ4v) is 3.35. The predicted molar refractivity (Wildman–Crippen MR) is 75.0 cm³/mol. The van der Waals surface area contributed by atoms with Gasteiger partial charge in [0, 0.05) is 34.0 Å². The molecule has 0 unspecified atom stereocenters. The lowest BCUT2D eigenvalue weighted by Gasteiger charge is -1.96. The third-order valence-electron chi connectivity index (χ3n) is 2.70. The molecule has 0 saturated heterocycles. The third kappa shape index (κ3) is 2.68. The number of hydrogen-bond donors (Lipinski definition) is 1. The molecule has 0 fully saturated rings. The van der Waals surface area contributed by atoms with Gasteiger partial charge >= 0.3 is 0 Å². The Morgan fingerprint density at radius 3 is 1.71 bits per heavy atom. The quantitative estimate of drug-likeness (QED) is 0.718. The molecule has 0 spiro atoms. The Kier molecular flexibility index (Phi) is 3.12. The molecule has 0 atom stereocenters. The van der Waals surface area contributed by atoms with E-state index in [1.54, 1.807) is 0 Å². The second-order valence-electron chi connectivity index (χ2n) is 4.02. The van der Waals surface area contributed by atoms with Crippen LogP contribution in [0.5, 0.6) is 0 Å². The van der Waals surface area contributed by atoms with Crippen LogP contribution < -0.4 is 0 Å². The first kappa shape index (κ1) is 10.8. The van der Waals surface area contributed by atoms with Crippen molar-refractivity contribution >= 4 is 22.7 Å². The summed E-state index contributed by atoms with van der Waals surface area (Å²) in [5, 5.41) is 4.26. The third-order valence-corrected chi connectivity index (χ3v) is 4.45. The Balaban J connectivity index is 1.70. The smallest absolute Gasteiger partial charge is 0.0221 e. The molecule has 17 heavy (non-hydrogen) atoms. The van der Waals surface area contributed by atoms with E-state index < -0.39 is 0 Å². The fourth-order valence-electron chi connectivity index (χ4n) is 1.90. The van der Waals surface area contributed by atoms with Gasteiger partial charge in [-0.05, 0) is 35.0 Å². The predicted octanol–water partition coefficient (Wildman–Crippen LogP) is 4.32. The van der Waals surface area contributed by atoms with E-state index >= 15 is 0 Å². The van der Waals surface area contributed by atoms with Crippen LogP contribution in [0, 0.1) is 0 Å². The van der Waals surface area contributed by atoms with Crippen molar-refractivity contribution in [3.63, 3.8) is 0 Å². The summed E-state index contributed by atoms with van der Waals surface area (Å²) in [6, 6.07) is 13.0. The lowest BCUT2D eigenvalue weighted by Crippen LogP contribution is -1.88. The van der Waals surface area contributed by atoms with Crippen LogP contribution in [0.3, 0.4) is 0 Å². The van der Waals surface area contributed by atoms with E-state index in [-0.39, 0.29) is 0 Å². The lowest BCUT2D eigenvalue weighted by atomic mass is 10.2. The number of thiophene rings is 2. The number of aromatic amines is 1. The molecule has 0 saturated carbocycles. The molecule has 0 aromatic carbocycles. The normalized spacial score (nSPS) is 10.8. The van der Waals surface area contributed by atoms with E-state index in [0.29, 0.717) is 0 Å². The molecule has 0 bridgehead atoms. The molecular weight excluding hydrogens is 246 g/mol. The summed E-state index contributed by atoms with van der Waals surface area (Å²) in [6.07, 6.45) is 2.03. The van der Waals surface area contributed by atoms with Gasteiger partial charge in [-0.25, -0.2) is 0 Å². The SMILES string of the molecule is c1csc(Cc2ccc(Cc3cccs3)[nH]2)c1.